The maximum Gasteiger partial charge on any atom is 0.338 e. The third kappa shape index (κ3) is 4.46. The number of nitrogens with one attached hydrogen (secondary N) is 1. The smallest absolute Gasteiger partial charge is 0.338 e. The van der Waals surface area contributed by atoms with Gasteiger partial charge in [0.25, 0.3) is 5.91 Å². The number of benzene rings is 2. The first-order valence-corrected chi connectivity index (χ1v) is 8.99. The van der Waals surface area contributed by atoms with Crippen molar-refractivity contribution in [1.82, 2.24) is 0 Å². The molecule has 1 N–H and O–H groups in total. The monoisotopic (exact) mass is 368 g/mol. The Hall–Kier alpha value is -2.86. The molecule has 1 amide bonds. The van der Waals surface area contributed by atoms with Crippen molar-refractivity contribution in [3.63, 3.8) is 0 Å². The van der Waals surface area contributed by atoms with Gasteiger partial charge in [-0.25, -0.2) is 4.79 Å². The lowest BCUT2D eigenvalue weighted by molar-refractivity contribution is 0.0597. The van der Waals surface area contributed by atoms with E-state index in [1.807, 2.05) is 24.3 Å². The summed E-state index contributed by atoms with van der Waals surface area (Å²) in [4.78, 5) is 26.7. The van der Waals surface area contributed by atoms with Crippen molar-refractivity contribution >= 4 is 23.3 Å². The molecule has 1 heterocycles. The van der Waals surface area contributed by atoms with Crippen molar-refractivity contribution in [3.8, 4) is 0 Å². The fourth-order valence-electron chi connectivity index (χ4n) is 3.29. The van der Waals surface area contributed by atoms with E-state index in [-0.39, 0.29) is 23.1 Å². The van der Waals surface area contributed by atoms with Gasteiger partial charge >= 0.3 is 5.97 Å². The topological polar surface area (TPSA) is 67.9 Å². The van der Waals surface area contributed by atoms with Gasteiger partial charge in [0.05, 0.1) is 24.3 Å². The Morgan fingerprint density at radius 3 is 2.41 bits per heavy atom. The minimum Gasteiger partial charge on any atom is -0.465 e. The van der Waals surface area contributed by atoms with Crippen LogP contribution in [-0.4, -0.2) is 45.3 Å². The normalized spacial score (nSPS) is 16.7. The Labute approximate surface area is 159 Å². The summed E-state index contributed by atoms with van der Waals surface area (Å²) in [5, 5.41) is 2.84. The molecule has 6 heteroatoms. The summed E-state index contributed by atoms with van der Waals surface area (Å²) in [5.74, 6) is -0.880. The number of piperidine rings is 1. The summed E-state index contributed by atoms with van der Waals surface area (Å²) >= 11 is 0. The standard InChI is InChI=1S/C21H24N2O4/c1-26-17-6-5-13-23(14-17)16-11-9-15(10-12-16)22-20(24)18-7-3-4-8-19(18)21(25)27-2/h3-4,7-12,17H,5-6,13-14H2,1-2H3,(H,22,24). The van der Waals surface area contributed by atoms with Gasteiger partial charge in [-0.3, -0.25) is 4.79 Å². The number of carbonyl (C=O) groups is 2. The minimum absolute atomic E-state index is 0.244. The van der Waals surface area contributed by atoms with Gasteiger partial charge in [-0.05, 0) is 49.2 Å². The van der Waals surface area contributed by atoms with Crippen LogP contribution in [0.3, 0.4) is 0 Å². The summed E-state index contributed by atoms with van der Waals surface area (Å²) in [6.45, 7) is 1.87. The molecule has 0 aromatic heterocycles. The molecule has 1 saturated heterocycles. The maximum absolute atomic E-state index is 12.6. The summed E-state index contributed by atoms with van der Waals surface area (Å²) in [7, 11) is 3.05. The van der Waals surface area contributed by atoms with Gasteiger partial charge in [-0.2, -0.15) is 0 Å². The van der Waals surface area contributed by atoms with E-state index in [0.717, 1.165) is 31.6 Å². The van der Waals surface area contributed by atoms with Crippen LogP contribution in [0.25, 0.3) is 0 Å². The summed E-state index contributed by atoms with van der Waals surface area (Å²) in [5.41, 5.74) is 2.30. The highest BCUT2D eigenvalue weighted by Crippen LogP contribution is 2.23. The number of carbonyl (C=O) groups excluding carboxylic acids is 2. The second-order valence-corrected chi connectivity index (χ2v) is 6.48. The number of anilines is 2. The first kappa shape index (κ1) is 18.9. The maximum atomic E-state index is 12.6. The van der Waals surface area contributed by atoms with E-state index in [1.54, 1.807) is 31.4 Å². The van der Waals surface area contributed by atoms with Crippen molar-refractivity contribution in [3.05, 3.63) is 59.7 Å². The summed E-state index contributed by atoms with van der Waals surface area (Å²) < 4.78 is 10.2. The molecule has 0 radical (unpaired) electrons. The number of methoxy groups -OCH3 is 2. The van der Waals surface area contributed by atoms with Crippen molar-refractivity contribution in [2.75, 3.05) is 37.5 Å². The average Bonchev–Trinajstić information content (AvgIpc) is 2.73. The molecule has 0 bridgehead atoms. The number of esters is 1. The zero-order valence-electron chi connectivity index (χ0n) is 15.6. The number of ether oxygens (including phenoxy) is 2. The average molecular weight is 368 g/mol. The second-order valence-electron chi connectivity index (χ2n) is 6.48. The van der Waals surface area contributed by atoms with Crippen molar-refractivity contribution in [2.24, 2.45) is 0 Å². The summed E-state index contributed by atoms with van der Waals surface area (Å²) in [6, 6.07) is 14.3. The van der Waals surface area contributed by atoms with E-state index in [0.29, 0.717) is 5.69 Å². The lowest BCUT2D eigenvalue weighted by Gasteiger charge is -2.33. The molecule has 142 valence electrons. The van der Waals surface area contributed by atoms with Crippen LogP contribution >= 0.6 is 0 Å². The number of rotatable bonds is 5. The predicted octanol–water partition coefficient (Wildman–Crippen LogP) is 3.34. The van der Waals surface area contributed by atoms with Gasteiger partial charge < -0.3 is 19.7 Å². The molecule has 2 aromatic carbocycles. The molecule has 1 fully saturated rings. The van der Waals surface area contributed by atoms with Gasteiger partial charge in [-0.15, -0.1) is 0 Å². The van der Waals surface area contributed by atoms with E-state index in [4.69, 9.17) is 9.47 Å². The molecule has 1 aliphatic rings. The molecule has 0 saturated carbocycles. The highest BCUT2D eigenvalue weighted by atomic mass is 16.5. The molecule has 27 heavy (non-hydrogen) atoms. The zero-order chi connectivity index (χ0) is 19.2. The Morgan fingerprint density at radius 2 is 1.74 bits per heavy atom. The van der Waals surface area contributed by atoms with E-state index < -0.39 is 5.97 Å². The molecule has 0 spiro atoms. The molecule has 1 unspecified atom stereocenters. The molecule has 1 aliphatic heterocycles. The van der Waals surface area contributed by atoms with Crippen LogP contribution in [0.1, 0.15) is 33.6 Å². The van der Waals surface area contributed by atoms with Gasteiger partial charge in [0.2, 0.25) is 0 Å². The lowest BCUT2D eigenvalue weighted by Crippen LogP contribution is -2.39. The van der Waals surface area contributed by atoms with Gasteiger partial charge in [-0.1, -0.05) is 12.1 Å². The zero-order valence-corrected chi connectivity index (χ0v) is 15.6. The Morgan fingerprint density at radius 1 is 1.04 bits per heavy atom. The minimum atomic E-state index is -0.533. The number of amides is 1. The molecular formula is C21H24N2O4. The van der Waals surface area contributed by atoms with Crippen LogP contribution in [0.15, 0.2) is 48.5 Å². The highest BCUT2D eigenvalue weighted by Gasteiger charge is 2.20. The van der Waals surface area contributed by atoms with Crippen LogP contribution in [0.5, 0.6) is 0 Å². The first-order valence-electron chi connectivity index (χ1n) is 8.99. The molecule has 2 aromatic rings. The number of nitrogens with zero attached hydrogens (tertiary/aromatic N) is 1. The quantitative estimate of drug-likeness (QED) is 0.820. The van der Waals surface area contributed by atoms with E-state index in [9.17, 15) is 9.59 Å². The van der Waals surface area contributed by atoms with Crippen LogP contribution < -0.4 is 10.2 Å². The number of hydrogen-bond acceptors (Lipinski definition) is 5. The molecule has 3 rings (SSSR count). The van der Waals surface area contributed by atoms with E-state index >= 15 is 0 Å². The van der Waals surface area contributed by atoms with Crippen molar-refractivity contribution < 1.29 is 19.1 Å². The second kappa shape index (κ2) is 8.68. The largest absolute Gasteiger partial charge is 0.465 e. The van der Waals surface area contributed by atoms with Crippen LogP contribution in [-0.2, 0) is 9.47 Å². The lowest BCUT2D eigenvalue weighted by atomic mass is 10.1. The van der Waals surface area contributed by atoms with Crippen LogP contribution in [0, 0.1) is 0 Å². The number of hydrogen-bond donors (Lipinski definition) is 1. The van der Waals surface area contributed by atoms with E-state index in [1.165, 1.54) is 7.11 Å². The SMILES string of the molecule is COC(=O)c1ccccc1C(=O)Nc1ccc(N2CCCC(OC)C2)cc1. The van der Waals surface area contributed by atoms with Gasteiger partial charge in [0, 0.05) is 31.6 Å². The Kier molecular flexibility index (Phi) is 6.08. The van der Waals surface area contributed by atoms with E-state index in [2.05, 4.69) is 10.2 Å². The molecule has 1 atom stereocenters. The third-order valence-electron chi connectivity index (χ3n) is 4.78. The fourth-order valence-corrected chi connectivity index (χ4v) is 3.29. The van der Waals surface area contributed by atoms with Gasteiger partial charge in [0.1, 0.15) is 0 Å². The predicted molar refractivity (Wildman–Crippen MR) is 104 cm³/mol. The van der Waals surface area contributed by atoms with Crippen molar-refractivity contribution in [1.29, 1.82) is 0 Å². The third-order valence-corrected chi connectivity index (χ3v) is 4.78. The molecule has 6 nitrogen and oxygen atoms in total. The first-order chi connectivity index (χ1) is 13.1. The van der Waals surface area contributed by atoms with Crippen LogP contribution in [0.2, 0.25) is 0 Å². The van der Waals surface area contributed by atoms with Crippen molar-refractivity contribution in [2.45, 2.75) is 18.9 Å². The summed E-state index contributed by atoms with van der Waals surface area (Å²) in [6.07, 6.45) is 2.44. The Bertz CT molecular complexity index is 804. The highest BCUT2D eigenvalue weighted by molar-refractivity contribution is 6.11. The Balaban J connectivity index is 1.70. The van der Waals surface area contributed by atoms with Crippen LogP contribution in [0.4, 0.5) is 11.4 Å². The van der Waals surface area contributed by atoms with Gasteiger partial charge in [0.15, 0.2) is 0 Å². The molecular weight excluding hydrogens is 344 g/mol. The molecule has 0 aliphatic carbocycles. The fraction of sp³-hybridized carbons (Fsp3) is 0.333.